The zero-order valence-corrected chi connectivity index (χ0v) is 13.9. The molecule has 0 bridgehead atoms. The van der Waals surface area contributed by atoms with Gasteiger partial charge in [0.2, 0.25) is 0 Å². The minimum Gasteiger partial charge on any atom is -0.449 e. The van der Waals surface area contributed by atoms with E-state index < -0.39 is 0 Å². The number of piperidine rings is 1. The normalized spacial score (nSPS) is 22.1. The van der Waals surface area contributed by atoms with Gasteiger partial charge in [-0.15, -0.1) is 0 Å². The first kappa shape index (κ1) is 15.8. The van der Waals surface area contributed by atoms with Gasteiger partial charge in [0.05, 0.1) is 12.8 Å². The Morgan fingerprint density at radius 2 is 2.04 bits per heavy atom. The first-order chi connectivity index (χ1) is 10.9. The van der Waals surface area contributed by atoms with Crippen molar-refractivity contribution in [3.8, 4) is 0 Å². The third kappa shape index (κ3) is 3.18. The summed E-state index contributed by atoms with van der Waals surface area (Å²) in [5.41, 5.74) is 0.488. The van der Waals surface area contributed by atoms with E-state index in [4.69, 9.17) is 9.26 Å². The third-order valence-corrected chi connectivity index (χ3v) is 4.59. The second kappa shape index (κ2) is 5.86. The van der Waals surface area contributed by atoms with Crippen LogP contribution in [0.5, 0.6) is 0 Å². The molecular formula is C16H23N3O4. The van der Waals surface area contributed by atoms with Gasteiger partial charge in [-0.2, -0.15) is 0 Å². The molecule has 1 aromatic rings. The summed E-state index contributed by atoms with van der Waals surface area (Å²) in [5, 5.41) is 3.66. The standard InChI is InChI=1S/C16H23N3O4/c1-11-13(8-17-23-11)14(20)18-6-4-12(5-7-18)19-9-16(2,3)10-22-15(19)21/h8,12H,4-7,9-10H2,1-3H3. The van der Waals surface area contributed by atoms with Crippen LogP contribution in [0.4, 0.5) is 4.79 Å². The maximum Gasteiger partial charge on any atom is 0.410 e. The van der Waals surface area contributed by atoms with Crippen LogP contribution < -0.4 is 0 Å². The molecule has 0 aliphatic carbocycles. The molecule has 0 aromatic carbocycles. The van der Waals surface area contributed by atoms with E-state index in [9.17, 15) is 9.59 Å². The van der Waals surface area contributed by atoms with Crippen LogP contribution in [0.2, 0.25) is 0 Å². The fourth-order valence-corrected chi connectivity index (χ4v) is 3.24. The van der Waals surface area contributed by atoms with Gasteiger partial charge < -0.3 is 19.1 Å². The van der Waals surface area contributed by atoms with Crippen molar-refractivity contribution in [1.82, 2.24) is 15.0 Å². The molecular weight excluding hydrogens is 298 g/mol. The third-order valence-electron chi connectivity index (χ3n) is 4.59. The summed E-state index contributed by atoms with van der Waals surface area (Å²) in [6.07, 6.45) is 2.76. The van der Waals surface area contributed by atoms with Crippen LogP contribution in [-0.2, 0) is 4.74 Å². The molecule has 0 radical (unpaired) electrons. The number of ether oxygens (including phenoxy) is 1. The van der Waals surface area contributed by atoms with Gasteiger partial charge in [-0.25, -0.2) is 4.79 Å². The second-order valence-corrected chi connectivity index (χ2v) is 7.17. The Kier molecular flexibility index (Phi) is 4.04. The first-order valence-electron chi connectivity index (χ1n) is 8.01. The smallest absolute Gasteiger partial charge is 0.410 e. The number of aryl methyl sites for hydroxylation is 1. The quantitative estimate of drug-likeness (QED) is 0.833. The Labute approximate surface area is 135 Å². The molecule has 0 N–H and O–H groups in total. The molecule has 3 heterocycles. The van der Waals surface area contributed by atoms with E-state index in [1.807, 2.05) is 4.90 Å². The molecule has 2 amide bonds. The Bertz CT molecular complexity index is 602. The Hall–Kier alpha value is -2.05. The van der Waals surface area contributed by atoms with Crippen LogP contribution in [0.15, 0.2) is 10.7 Å². The highest BCUT2D eigenvalue weighted by Crippen LogP contribution is 2.28. The lowest BCUT2D eigenvalue weighted by atomic mass is 9.91. The van der Waals surface area contributed by atoms with Crippen molar-refractivity contribution < 1.29 is 18.8 Å². The number of carbonyl (C=O) groups excluding carboxylic acids is 2. The van der Waals surface area contributed by atoms with Gasteiger partial charge in [-0.1, -0.05) is 19.0 Å². The van der Waals surface area contributed by atoms with E-state index in [1.54, 1.807) is 11.8 Å². The highest BCUT2D eigenvalue weighted by atomic mass is 16.6. The van der Waals surface area contributed by atoms with Gasteiger partial charge in [-0.3, -0.25) is 4.79 Å². The van der Waals surface area contributed by atoms with Crippen LogP contribution in [0.25, 0.3) is 0 Å². The van der Waals surface area contributed by atoms with Crippen molar-refractivity contribution in [1.29, 1.82) is 0 Å². The fraction of sp³-hybridized carbons (Fsp3) is 0.688. The summed E-state index contributed by atoms with van der Waals surface area (Å²) in [6.45, 7) is 8.34. The monoisotopic (exact) mass is 321 g/mol. The number of likely N-dealkylation sites (tertiary alicyclic amines) is 1. The SMILES string of the molecule is Cc1oncc1C(=O)N1CCC(N2CC(C)(C)COC2=O)CC1. The second-order valence-electron chi connectivity index (χ2n) is 7.17. The lowest BCUT2D eigenvalue weighted by Gasteiger charge is -2.44. The number of carbonyl (C=O) groups is 2. The molecule has 23 heavy (non-hydrogen) atoms. The predicted octanol–water partition coefficient (Wildman–Crippen LogP) is 2.07. The molecule has 2 saturated heterocycles. The van der Waals surface area contributed by atoms with Gasteiger partial charge in [0.15, 0.2) is 0 Å². The zero-order chi connectivity index (χ0) is 16.6. The summed E-state index contributed by atoms with van der Waals surface area (Å²) in [5.74, 6) is 0.488. The van der Waals surface area contributed by atoms with E-state index >= 15 is 0 Å². The maximum atomic E-state index is 12.5. The Morgan fingerprint density at radius 3 is 2.65 bits per heavy atom. The molecule has 0 unspecified atom stereocenters. The van der Waals surface area contributed by atoms with Crippen molar-refractivity contribution in [2.45, 2.75) is 39.7 Å². The summed E-state index contributed by atoms with van der Waals surface area (Å²) in [7, 11) is 0. The molecule has 2 aliphatic heterocycles. The molecule has 1 aromatic heterocycles. The van der Waals surface area contributed by atoms with Crippen LogP contribution in [-0.4, -0.2) is 59.2 Å². The van der Waals surface area contributed by atoms with Gasteiger partial charge in [0.25, 0.3) is 5.91 Å². The summed E-state index contributed by atoms with van der Waals surface area (Å²) < 4.78 is 10.3. The number of amides is 2. The summed E-state index contributed by atoms with van der Waals surface area (Å²) in [6, 6.07) is 0.134. The summed E-state index contributed by atoms with van der Waals surface area (Å²) >= 11 is 0. The van der Waals surface area contributed by atoms with Crippen LogP contribution >= 0.6 is 0 Å². The van der Waals surface area contributed by atoms with E-state index in [-0.39, 0.29) is 23.5 Å². The minimum absolute atomic E-state index is 0.0273. The number of rotatable bonds is 2. The highest BCUT2D eigenvalue weighted by molar-refractivity contribution is 5.94. The lowest BCUT2D eigenvalue weighted by Crippen LogP contribution is -2.55. The van der Waals surface area contributed by atoms with Gasteiger partial charge in [-0.05, 0) is 19.8 Å². The molecule has 7 nitrogen and oxygen atoms in total. The van der Waals surface area contributed by atoms with E-state index in [0.717, 1.165) is 12.8 Å². The van der Waals surface area contributed by atoms with E-state index in [1.165, 1.54) is 6.20 Å². The minimum atomic E-state index is -0.232. The maximum absolute atomic E-state index is 12.5. The highest BCUT2D eigenvalue weighted by Gasteiger charge is 2.38. The largest absolute Gasteiger partial charge is 0.449 e. The number of aromatic nitrogens is 1. The molecule has 0 atom stereocenters. The molecule has 0 spiro atoms. The Balaban J connectivity index is 1.61. The fourth-order valence-electron chi connectivity index (χ4n) is 3.24. The molecule has 126 valence electrons. The van der Waals surface area contributed by atoms with Crippen molar-refractivity contribution in [3.05, 3.63) is 17.5 Å². The molecule has 0 saturated carbocycles. The zero-order valence-electron chi connectivity index (χ0n) is 13.9. The number of hydrogen-bond acceptors (Lipinski definition) is 5. The van der Waals surface area contributed by atoms with Crippen LogP contribution in [0, 0.1) is 12.3 Å². The van der Waals surface area contributed by atoms with Gasteiger partial charge in [0.1, 0.15) is 11.3 Å². The molecule has 2 fully saturated rings. The average Bonchev–Trinajstić information content (AvgIpc) is 2.95. The van der Waals surface area contributed by atoms with E-state index in [0.29, 0.717) is 37.6 Å². The number of nitrogens with zero attached hydrogens (tertiary/aromatic N) is 3. The average molecular weight is 321 g/mol. The predicted molar refractivity (Wildman–Crippen MR) is 82.0 cm³/mol. The van der Waals surface area contributed by atoms with Crippen LogP contribution in [0.3, 0.4) is 0 Å². The first-order valence-corrected chi connectivity index (χ1v) is 8.01. The molecule has 7 heteroatoms. The van der Waals surface area contributed by atoms with Crippen molar-refractivity contribution >= 4 is 12.0 Å². The van der Waals surface area contributed by atoms with Crippen molar-refractivity contribution in [2.24, 2.45) is 5.41 Å². The van der Waals surface area contributed by atoms with Gasteiger partial charge in [0, 0.05) is 31.1 Å². The van der Waals surface area contributed by atoms with Crippen molar-refractivity contribution in [2.75, 3.05) is 26.2 Å². The summed E-state index contributed by atoms with van der Waals surface area (Å²) in [4.78, 5) is 28.1. The Morgan fingerprint density at radius 1 is 1.35 bits per heavy atom. The van der Waals surface area contributed by atoms with E-state index in [2.05, 4.69) is 19.0 Å². The topological polar surface area (TPSA) is 75.9 Å². The number of cyclic esters (lactones) is 1. The van der Waals surface area contributed by atoms with Crippen molar-refractivity contribution in [3.63, 3.8) is 0 Å². The lowest BCUT2D eigenvalue weighted by molar-refractivity contribution is -0.0153. The van der Waals surface area contributed by atoms with Gasteiger partial charge >= 0.3 is 6.09 Å². The number of hydrogen-bond donors (Lipinski definition) is 0. The molecule has 3 rings (SSSR count). The molecule has 2 aliphatic rings. The van der Waals surface area contributed by atoms with Crippen LogP contribution in [0.1, 0.15) is 42.8 Å².